The molecule has 2 unspecified atom stereocenters. The third-order valence-corrected chi connectivity index (χ3v) is 6.48. The number of nitrogens with zero attached hydrogens (tertiary/aromatic N) is 1. The SMILES string of the molecule is COC1(C(CC2CCCN(S(C)(=O)=O)C2)NN)CCCC1. The number of hydrogen-bond acceptors (Lipinski definition) is 5. The molecular weight excluding hydrogens is 290 g/mol. The number of piperidine rings is 1. The van der Waals surface area contributed by atoms with E-state index in [1.54, 1.807) is 11.4 Å². The molecule has 0 amide bonds. The van der Waals surface area contributed by atoms with E-state index in [-0.39, 0.29) is 11.6 Å². The first-order valence-electron chi connectivity index (χ1n) is 7.88. The van der Waals surface area contributed by atoms with Crippen LogP contribution in [0.2, 0.25) is 0 Å². The largest absolute Gasteiger partial charge is 0.377 e. The maximum absolute atomic E-state index is 11.7. The molecule has 2 atom stereocenters. The molecule has 7 heteroatoms. The van der Waals surface area contributed by atoms with E-state index in [0.29, 0.717) is 19.0 Å². The van der Waals surface area contributed by atoms with Gasteiger partial charge in [0.05, 0.1) is 17.9 Å². The van der Waals surface area contributed by atoms with Crippen LogP contribution in [0.1, 0.15) is 44.9 Å². The number of nitrogens with one attached hydrogen (secondary N) is 1. The van der Waals surface area contributed by atoms with Gasteiger partial charge < -0.3 is 4.74 Å². The molecule has 0 aromatic rings. The molecule has 2 rings (SSSR count). The Morgan fingerprint density at radius 2 is 2.05 bits per heavy atom. The molecule has 1 saturated heterocycles. The van der Waals surface area contributed by atoms with Crippen molar-refractivity contribution in [3.8, 4) is 0 Å². The Balaban J connectivity index is 2.01. The minimum Gasteiger partial charge on any atom is -0.377 e. The Morgan fingerprint density at radius 1 is 1.38 bits per heavy atom. The summed E-state index contributed by atoms with van der Waals surface area (Å²) in [6.45, 7) is 1.25. The summed E-state index contributed by atoms with van der Waals surface area (Å²) in [6.07, 6.45) is 8.55. The Morgan fingerprint density at radius 3 is 2.57 bits per heavy atom. The second-order valence-corrected chi connectivity index (χ2v) is 8.54. The van der Waals surface area contributed by atoms with Gasteiger partial charge >= 0.3 is 0 Å². The van der Waals surface area contributed by atoms with Gasteiger partial charge in [-0.2, -0.15) is 0 Å². The van der Waals surface area contributed by atoms with Crippen molar-refractivity contribution in [3.63, 3.8) is 0 Å². The molecule has 0 aromatic heterocycles. The highest BCUT2D eigenvalue weighted by molar-refractivity contribution is 7.88. The lowest BCUT2D eigenvalue weighted by Crippen LogP contribution is -2.55. The van der Waals surface area contributed by atoms with E-state index in [0.717, 1.165) is 32.1 Å². The maximum atomic E-state index is 11.7. The van der Waals surface area contributed by atoms with Crippen molar-refractivity contribution in [2.45, 2.75) is 56.6 Å². The van der Waals surface area contributed by atoms with Crippen molar-refractivity contribution in [1.29, 1.82) is 0 Å². The van der Waals surface area contributed by atoms with Gasteiger partial charge in [-0.1, -0.05) is 12.8 Å². The Labute approximate surface area is 128 Å². The van der Waals surface area contributed by atoms with E-state index in [9.17, 15) is 8.42 Å². The average molecular weight is 319 g/mol. The van der Waals surface area contributed by atoms with Crippen LogP contribution >= 0.6 is 0 Å². The van der Waals surface area contributed by atoms with E-state index in [1.807, 2.05) is 0 Å². The summed E-state index contributed by atoms with van der Waals surface area (Å²) in [4.78, 5) is 0. The summed E-state index contributed by atoms with van der Waals surface area (Å²) in [7, 11) is -1.33. The second-order valence-electron chi connectivity index (χ2n) is 6.56. The number of sulfonamides is 1. The number of hydrazine groups is 1. The summed E-state index contributed by atoms with van der Waals surface area (Å²) in [5.41, 5.74) is 2.77. The second kappa shape index (κ2) is 6.91. The van der Waals surface area contributed by atoms with Crippen LogP contribution in [-0.2, 0) is 14.8 Å². The van der Waals surface area contributed by atoms with Crippen molar-refractivity contribution in [1.82, 2.24) is 9.73 Å². The van der Waals surface area contributed by atoms with Crippen LogP contribution in [0.25, 0.3) is 0 Å². The van der Waals surface area contributed by atoms with E-state index in [4.69, 9.17) is 10.6 Å². The van der Waals surface area contributed by atoms with E-state index in [2.05, 4.69) is 5.43 Å². The van der Waals surface area contributed by atoms with Crippen molar-refractivity contribution in [2.24, 2.45) is 11.8 Å². The van der Waals surface area contributed by atoms with Crippen molar-refractivity contribution in [2.75, 3.05) is 26.5 Å². The summed E-state index contributed by atoms with van der Waals surface area (Å²) in [6, 6.07) is 0.0921. The third kappa shape index (κ3) is 3.96. The Bertz CT molecular complexity index is 435. The van der Waals surface area contributed by atoms with Gasteiger partial charge in [0.15, 0.2) is 0 Å². The number of rotatable bonds is 6. The van der Waals surface area contributed by atoms with Crippen LogP contribution in [0, 0.1) is 5.92 Å². The molecule has 0 radical (unpaired) electrons. The zero-order valence-corrected chi connectivity index (χ0v) is 14.0. The number of methoxy groups -OCH3 is 1. The van der Waals surface area contributed by atoms with Crippen LogP contribution in [-0.4, -0.2) is 50.8 Å². The third-order valence-electron chi connectivity index (χ3n) is 5.21. The topological polar surface area (TPSA) is 84.7 Å². The van der Waals surface area contributed by atoms with Gasteiger partial charge in [0, 0.05) is 20.2 Å². The van der Waals surface area contributed by atoms with Crippen LogP contribution in [0.5, 0.6) is 0 Å². The van der Waals surface area contributed by atoms with Gasteiger partial charge in [0.25, 0.3) is 0 Å². The standard InChI is InChI=1S/C14H29N3O3S/c1-20-14(7-3-4-8-14)13(16-15)10-12-6-5-9-17(11-12)21(2,18)19/h12-13,16H,3-11,15H2,1-2H3. The van der Waals surface area contributed by atoms with Gasteiger partial charge in [0.1, 0.15) is 0 Å². The molecule has 3 N–H and O–H groups in total. The molecule has 1 saturated carbocycles. The van der Waals surface area contributed by atoms with Crippen LogP contribution in [0.15, 0.2) is 0 Å². The van der Waals surface area contributed by atoms with Crippen molar-refractivity contribution >= 4 is 10.0 Å². The molecule has 21 heavy (non-hydrogen) atoms. The van der Waals surface area contributed by atoms with Gasteiger partial charge in [-0.05, 0) is 38.0 Å². The quantitative estimate of drug-likeness (QED) is 0.560. The Hall–Kier alpha value is -0.210. The number of ether oxygens (including phenoxy) is 1. The first-order valence-corrected chi connectivity index (χ1v) is 9.72. The molecule has 0 spiro atoms. The first-order chi connectivity index (χ1) is 9.91. The molecule has 2 aliphatic rings. The van der Waals surface area contributed by atoms with Gasteiger partial charge in [-0.25, -0.2) is 12.7 Å². The van der Waals surface area contributed by atoms with Crippen LogP contribution < -0.4 is 11.3 Å². The number of hydrogen-bond donors (Lipinski definition) is 2. The fraction of sp³-hybridized carbons (Fsp3) is 1.00. The molecule has 6 nitrogen and oxygen atoms in total. The highest BCUT2D eigenvalue weighted by Gasteiger charge is 2.42. The zero-order chi connectivity index (χ0) is 15.5. The van der Waals surface area contributed by atoms with Crippen LogP contribution in [0.3, 0.4) is 0 Å². The van der Waals surface area contributed by atoms with Gasteiger partial charge in [-0.15, -0.1) is 0 Å². The normalized spacial score (nSPS) is 28.6. The number of nitrogens with two attached hydrogens (primary N) is 1. The maximum Gasteiger partial charge on any atom is 0.211 e. The summed E-state index contributed by atoms with van der Waals surface area (Å²) >= 11 is 0. The summed E-state index contributed by atoms with van der Waals surface area (Å²) < 4.78 is 30.9. The average Bonchev–Trinajstić information content (AvgIpc) is 2.94. The fourth-order valence-corrected chi connectivity index (χ4v) is 4.90. The summed E-state index contributed by atoms with van der Waals surface area (Å²) in [5, 5.41) is 0. The molecule has 1 aliphatic carbocycles. The molecule has 1 aliphatic heterocycles. The molecular formula is C14H29N3O3S. The predicted octanol–water partition coefficient (Wildman–Crippen LogP) is 0.839. The lowest BCUT2D eigenvalue weighted by Gasteiger charge is -2.40. The first kappa shape index (κ1) is 17.1. The van der Waals surface area contributed by atoms with E-state index >= 15 is 0 Å². The molecule has 0 aromatic carbocycles. The molecule has 1 heterocycles. The molecule has 0 bridgehead atoms. The van der Waals surface area contributed by atoms with Crippen molar-refractivity contribution < 1.29 is 13.2 Å². The predicted molar refractivity (Wildman–Crippen MR) is 83.1 cm³/mol. The minimum atomic E-state index is -3.09. The fourth-order valence-electron chi connectivity index (χ4n) is 3.96. The molecule has 2 fully saturated rings. The monoisotopic (exact) mass is 319 g/mol. The summed E-state index contributed by atoms with van der Waals surface area (Å²) in [5.74, 6) is 6.14. The Kier molecular flexibility index (Phi) is 5.65. The van der Waals surface area contributed by atoms with Crippen molar-refractivity contribution in [3.05, 3.63) is 0 Å². The minimum absolute atomic E-state index is 0.0921. The highest BCUT2D eigenvalue weighted by atomic mass is 32.2. The van der Waals surface area contributed by atoms with Gasteiger partial charge in [-0.3, -0.25) is 11.3 Å². The smallest absolute Gasteiger partial charge is 0.211 e. The highest BCUT2D eigenvalue weighted by Crippen LogP contribution is 2.38. The van der Waals surface area contributed by atoms with Crippen LogP contribution in [0.4, 0.5) is 0 Å². The lowest BCUT2D eigenvalue weighted by atomic mass is 9.83. The van der Waals surface area contributed by atoms with E-state index < -0.39 is 10.0 Å². The van der Waals surface area contributed by atoms with E-state index in [1.165, 1.54) is 19.1 Å². The molecule has 124 valence electrons. The van der Waals surface area contributed by atoms with Gasteiger partial charge in [0.2, 0.25) is 10.0 Å². The lowest BCUT2D eigenvalue weighted by molar-refractivity contribution is -0.0433. The zero-order valence-electron chi connectivity index (χ0n) is 13.2.